The second-order valence-corrected chi connectivity index (χ2v) is 12.7. The molecule has 0 aliphatic heterocycles. The predicted molar refractivity (Wildman–Crippen MR) is 165 cm³/mol. The predicted octanol–water partition coefficient (Wildman–Crippen LogP) is 5.19. The van der Waals surface area contributed by atoms with Crippen LogP contribution in [0.1, 0.15) is 47.6 Å². The van der Waals surface area contributed by atoms with Gasteiger partial charge in [-0.25, -0.2) is 13.1 Å². The van der Waals surface area contributed by atoms with Crippen LogP contribution in [0, 0.1) is 0 Å². The fourth-order valence-corrected chi connectivity index (χ4v) is 6.15. The van der Waals surface area contributed by atoms with Crippen LogP contribution < -0.4 is 10.0 Å². The van der Waals surface area contributed by atoms with Crippen molar-refractivity contribution in [2.45, 2.75) is 55.8 Å². The van der Waals surface area contributed by atoms with Gasteiger partial charge in [-0.15, -0.1) is 0 Å². The van der Waals surface area contributed by atoms with Gasteiger partial charge in [0.05, 0.1) is 4.90 Å². The molecule has 1 aromatic heterocycles. The number of nitrogens with one attached hydrogen (secondary N) is 2. The van der Waals surface area contributed by atoms with Gasteiger partial charge in [0.2, 0.25) is 21.8 Å². The number of sulfonamides is 1. The second kappa shape index (κ2) is 13.9. The van der Waals surface area contributed by atoms with Crippen molar-refractivity contribution in [2.24, 2.45) is 0 Å². The molecule has 0 radical (unpaired) electrons. The van der Waals surface area contributed by atoms with Gasteiger partial charge >= 0.3 is 0 Å². The average Bonchev–Trinajstić information content (AvgIpc) is 3.84. The molecular formula is C33H33ClN4O4S. The number of hydrogen-bond donors (Lipinski definition) is 2. The number of hydrogen-bond acceptors (Lipinski definition) is 5. The molecule has 1 fully saturated rings. The highest BCUT2D eigenvalue weighted by molar-refractivity contribution is 7.89. The lowest BCUT2D eigenvalue weighted by Gasteiger charge is -2.32. The van der Waals surface area contributed by atoms with E-state index >= 15 is 0 Å². The SMILES string of the molecule is O=C(NCc1ccncc1)[C@H](c1ccccc1)N(Cc1ccc(Cl)cc1)C(=O)CCc1ccc(S(=O)(=O)NC2CC2)cc1. The van der Waals surface area contributed by atoms with Crippen molar-refractivity contribution in [2.75, 3.05) is 0 Å². The number of carbonyl (C=O) groups is 2. The Balaban J connectivity index is 1.37. The normalized spacial score (nSPS) is 13.7. The Morgan fingerprint density at radius 1 is 0.860 bits per heavy atom. The van der Waals surface area contributed by atoms with Gasteiger partial charge in [-0.1, -0.05) is 66.2 Å². The van der Waals surface area contributed by atoms with Gasteiger partial charge in [-0.3, -0.25) is 14.6 Å². The first-order chi connectivity index (χ1) is 20.8. The van der Waals surface area contributed by atoms with Gasteiger partial charge in [0.25, 0.3) is 0 Å². The molecule has 1 aliphatic rings. The maximum Gasteiger partial charge on any atom is 0.247 e. The molecule has 2 amide bonds. The summed E-state index contributed by atoms with van der Waals surface area (Å²) in [7, 11) is -3.56. The molecule has 222 valence electrons. The van der Waals surface area contributed by atoms with Crippen molar-refractivity contribution in [3.63, 3.8) is 0 Å². The summed E-state index contributed by atoms with van der Waals surface area (Å²) in [5, 5.41) is 3.57. The van der Waals surface area contributed by atoms with Crippen LogP contribution in [0.25, 0.3) is 0 Å². The van der Waals surface area contributed by atoms with E-state index in [9.17, 15) is 18.0 Å². The Labute approximate surface area is 257 Å². The molecule has 1 heterocycles. The monoisotopic (exact) mass is 616 g/mol. The van der Waals surface area contributed by atoms with Crippen molar-refractivity contribution < 1.29 is 18.0 Å². The molecule has 1 aliphatic carbocycles. The molecule has 2 N–H and O–H groups in total. The third kappa shape index (κ3) is 8.50. The molecule has 43 heavy (non-hydrogen) atoms. The molecule has 1 atom stereocenters. The molecule has 0 spiro atoms. The second-order valence-electron chi connectivity index (χ2n) is 10.6. The van der Waals surface area contributed by atoms with Crippen LogP contribution in [0.5, 0.6) is 0 Å². The molecule has 10 heteroatoms. The summed E-state index contributed by atoms with van der Waals surface area (Å²) >= 11 is 6.11. The Morgan fingerprint density at radius 2 is 1.51 bits per heavy atom. The molecule has 5 rings (SSSR count). The van der Waals surface area contributed by atoms with Crippen LogP contribution in [-0.4, -0.2) is 36.2 Å². The quantitative estimate of drug-likeness (QED) is 0.215. The van der Waals surface area contributed by atoms with Crippen LogP contribution in [0.2, 0.25) is 5.02 Å². The minimum atomic E-state index is -3.56. The summed E-state index contributed by atoms with van der Waals surface area (Å²) in [6.07, 6.45) is 5.55. The number of aryl methyl sites for hydroxylation is 1. The van der Waals surface area contributed by atoms with E-state index in [1.807, 2.05) is 54.6 Å². The number of amides is 2. The lowest BCUT2D eigenvalue weighted by molar-refractivity contribution is -0.141. The van der Waals surface area contributed by atoms with Gasteiger partial charge in [0.15, 0.2) is 0 Å². The molecule has 0 bridgehead atoms. The molecule has 8 nitrogen and oxygen atoms in total. The van der Waals surface area contributed by atoms with Gasteiger partial charge in [0.1, 0.15) is 6.04 Å². The van der Waals surface area contributed by atoms with Crippen LogP contribution in [0.3, 0.4) is 0 Å². The van der Waals surface area contributed by atoms with Gasteiger partial charge in [-0.2, -0.15) is 0 Å². The zero-order valence-corrected chi connectivity index (χ0v) is 25.1. The Kier molecular flexibility index (Phi) is 9.86. The first-order valence-corrected chi connectivity index (χ1v) is 16.0. The number of benzene rings is 3. The first-order valence-electron chi connectivity index (χ1n) is 14.2. The van der Waals surface area contributed by atoms with E-state index in [1.54, 1.807) is 53.7 Å². The average molecular weight is 617 g/mol. The number of rotatable bonds is 13. The summed E-state index contributed by atoms with van der Waals surface area (Å²) in [4.78, 5) is 33.6. The fraction of sp³-hybridized carbons (Fsp3) is 0.242. The molecule has 1 saturated carbocycles. The molecule has 4 aromatic rings. The maximum absolute atomic E-state index is 13.9. The van der Waals surface area contributed by atoms with Gasteiger partial charge in [0, 0.05) is 43.0 Å². The molecule has 3 aromatic carbocycles. The Bertz CT molecular complexity index is 1630. The highest BCUT2D eigenvalue weighted by Crippen LogP contribution is 2.26. The van der Waals surface area contributed by atoms with E-state index in [4.69, 9.17) is 11.6 Å². The molecule has 0 saturated heterocycles. The van der Waals surface area contributed by atoms with E-state index in [2.05, 4.69) is 15.0 Å². The van der Waals surface area contributed by atoms with Crippen LogP contribution in [0.15, 0.2) is 108 Å². The first kappa shape index (κ1) is 30.4. The standard InChI is InChI=1S/C33H33ClN4O4S/c34-28-11-6-26(7-12-28)23-38(31(39)17-10-24-8-15-30(16-9-24)43(41,42)37-29-13-14-29)32(27-4-2-1-3-5-27)33(40)36-22-25-18-20-35-21-19-25/h1-9,11-12,15-16,18-21,29,32,37H,10,13-14,17,22-23H2,(H,36,40)/t32-/m0/s1. The summed E-state index contributed by atoms with van der Waals surface area (Å²) in [5.74, 6) is -0.516. The van der Waals surface area contributed by atoms with Crippen molar-refractivity contribution in [1.82, 2.24) is 19.9 Å². The van der Waals surface area contributed by atoms with Crippen molar-refractivity contribution >= 4 is 33.4 Å². The van der Waals surface area contributed by atoms with Crippen molar-refractivity contribution in [3.05, 3.63) is 131 Å². The van der Waals surface area contributed by atoms with Crippen molar-refractivity contribution in [1.29, 1.82) is 0 Å². The Hall–Kier alpha value is -4.05. The number of nitrogens with zero attached hydrogens (tertiary/aromatic N) is 2. The lowest BCUT2D eigenvalue weighted by Crippen LogP contribution is -2.43. The van der Waals surface area contributed by atoms with Gasteiger partial charge < -0.3 is 10.2 Å². The Morgan fingerprint density at radius 3 is 2.16 bits per heavy atom. The third-order valence-electron chi connectivity index (χ3n) is 7.24. The number of carbonyl (C=O) groups excluding carboxylic acids is 2. The van der Waals surface area contributed by atoms with Crippen LogP contribution in [0.4, 0.5) is 0 Å². The summed E-state index contributed by atoms with van der Waals surface area (Å²) in [6, 6.07) is 25.8. The van der Waals surface area contributed by atoms with E-state index in [0.717, 1.165) is 29.5 Å². The topological polar surface area (TPSA) is 108 Å². The van der Waals surface area contributed by atoms with E-state index in [0.29, 0.717) is 23.6 Å². The van der Waals surface area contributed by atoms with E-state index in [-0.39, 0.29) is 35.7 Å². The summed E-state index contributed by atoms with van der Waals surface area (Å²) in [5.41, 5.74) is 3.24. The zero-order valence-electron chi connectivity index (χ0n) is 23.5. The highest BCUT2D eigenvalue weighted by atomic mass is 35.5. The minimum absolute atomic E-state index is 0.0217. The third-order valence-corrected chi connectivity index (χ3v) is 9.03. The van der Waals surface area contributed by atoms with Gasteiger partial charge in [-0.05, 0) is 77.9 Å². The van der Waals surface area contributed by atoms with E-state index < -0.39 is 16.1 Å². The van der Waals surface area contributed by atoms with Crippen LogP contribution >= 0.6 is 11.6 Å². The minimum Gasteiger partial charge on any atom is -0.350 e. The fourth-order valence-electron chi connectivity index (χ4n) is 4.72. The lowest BCUT2D eigenvalue weighted by atomic mass is 10.0. The zero-order chi connectivity index (χ0) is 30.2. The maximum atomic E-state index is 13.9. The van der Waals surface area contributed by atoms with Crippen LogP contribution in [-0.2, 0) is 39.1 Å². The summed E-state index contributed by atoms with van der Waals surface area (Å²) in [6.45, 7) is 0.487. The largest absolute Gasteiger partial charge is 0.350 e. The number of halogens is 1. The molecule has 0 unspecified atom stereocenters. The molecular weight excluding hydrogens is 584 g/mol. The smallest absolute Gasteiger partial charge is 0.247 e. The number of pyridine rings is 1. The number of aromatic nitrogens is 1. The van der Waals surface area contributed by atoms with E-state index in [1.165, 1.54) is 0 Å². The van der Waals surface area contributed by atoms with Crippen molar-refractivity contribution in [3.8, 4) is 0 Å². The summed E-state index contributed by atoms with van der Waals surface area (Å²) < 4.78 is 27.8. The highest BCUT2D eigenvalue weighted by Gasteiger charge is 2.31.